The van der Waals surface area contributed by atoms with Crippen molar-refractivity contribution in [3.8, 4) is 11.5 Å². The summed E-state index contributed by atoms with van der Waals surface area (Å²) in [6, 6.07) is 7.34. The smallest absolute Gasteiger partial charge is 0.307 e. The first-order chi connectivity index (χ1) is 13.1. The van der Waals surface area contributed by atoms with E-state index in [1.54, 1.807) is 18.9 Å². The number of hydrogen-bond acceptors (Lipinski definition) is 5. The fraction of sp³-hybridized carbons (Fsp3) is 0.619. The van der Waals surface area contributed by atoms with Gasteiger partial charge in [0.2, 0.25) is 5.91 Å². The summed E-state index contributed by atoms with van der Waals surface area (Å²) in [5, 5.41) is 0. The van der Waals surface area contributed by atoms with Gasteiger partial charge in [-0.25, -0.2) is 0 Å². The predicted octanol–water partition coefficient (Wildman–Crippen LogP) is 3.44. The van der Waals surface area contributed by atoms with Crippen molar-refractivity contribution in [3.63, 3.8) is 0 Å². The van der Waals surface area contributed by atoms with Crippen molar-refractivity contribution in [3.05, 3.63) is 24.3 Å². The highest BCUT2D eigenvalue weighted by Gasteiger charge is 2.26. The van der Waals surface area contributed by atoms with Gasteiger partial charge in [0.25, 0.3) is 0 Å². The number of hydrogen-bond donors (Lipinski definition) is 0. The van der Waals surface area contributed by atoms with Crippen LogP contribution >= 0.6 is 0 Å². The summed E-state index contributed by atoms with van der Waals surface area (Å²) < 4.78 is 15.9. The Kier molecular flexibility index (Phi) is 8.95. The molecule has 0 unspecified atom stereocenters. The van der Waals surface area contributed by atoms with Crippen molar-refractivity contribution in [1.29, 1.82) is 0 Å². The molecule has 1 amide bonds. The number of nitrogens with zero attached hydrogens (tertiary/aromatic N) is 1. The van der Waals surface area contributed by atoms with Crippen LogP contribution in [0.25, 0.3) is 0 Å². The largest absolute Gasteiger partial charge is 0.497 e. The highest BCUT2D eigenvalue weighted by molar-refractivity contribution is 5.79. The Morgan fingerprint density at radius 1 is 1.04 bits per heavy atom. The van der Waals surface area contributed by atoms with Crippen LogP contribution in [-0.2, 0) is 14.3 Å². The van der Waals surface area contributed by atoms with Gasteiger partial charge >= 0.3 is 5.97 Å². The predicted molar refractivity (Wildman–Crippen MR) is 103 cm³/mol. The van der Waals surface area contributed by atoms with Crippen LogP contribution in [0.1, 0.15) is 45.4 Å². The Labute approximate surface area is 161 Å². The van der Waals surface area contributed by atoms with E-state index in [1.165, 1.54) is 6.42 Å². The minimum Gasteiger partial charge on any atom is -0.497 e. The highest BCUT2D eigenvalue weighted by Crippen LogP contribution is 2.25. The maximum Gasteiger partial charge on any atom is 0.307 e. The highest BCUT2D eigenvalue weighted by atomic mass is 16.5. The van der Waals surface area contributed by atoms with Gasteiger partial charge in [0, 0.05) is 12.5 Å². The summed E-state index contributed by atoms with van der Waals surface area (Å²) in [4.78, 5) is 26.4. The van der Waals surface area contributed by atoms with Gasteiger partial charge in [-0.15, -0.1) is 0 Å². The molecule has 1 aromatic rings. The lowest BCUT2D eigenvalue weighted by Crippen LogP contribution is -2.40. The summed E-state index contributed by atoms with van der Waals surface area (Å²) in [7, 11) is 1.62. The second-order valence-electron chi connectivity index (χ2n) is 6.74. The van der Waals surface area contributed by atoms with Crippen LogP contribution in [0.5, 0.6) is 11.5 Å². The first-order valence-corrected chi connectivity index (χ1v) is 9.85. The molecule has 0 atom stereocenters. The van der Waals surface area contributed by atoms with E-state index in [0.717, 1.165) is 37.2 Å². The summed E-state index contributed by atoms with van der Waals surface area (Å²) in [6.45, 7) is 3.36. The zero-order valence-corrected chi connectivity index (χ0v) is 16.4. The average Bonchev–Trinajstić information content (AvgIpc) is 2.71. The third kappa shape index (κ3) is 7.12. The number of ether oxygens (including phenoxy) is 3. The molecular formula is C21H31NO5. The Balaban J connectivity index is 1.88. The third-order valence-electron chi connectivity index (χ3n) is 4.85. The lowest BCUT2D eigenvalue weighted by atomic mass is 9.88. The van der Waals surface area contributed by atoms with Crippen molar-refractivity contribution in [2.45, 2.75) is 45.4 Å². The van der Waals surface area contributed by atoms with Gasteiger partial charge in [0.1, 0.15) is 18.1 Å². The number of methoxy groups -OCH3 is 1. The van der Waals surface area contributed by atoms with Crippen LogP contribution in [-0.4, -0.2) is 50.2 Å². The summed E-state index contributed by atoms with van der Waals surface area (Å²) in [6.07, 6.45) is 5.50. The van der Waals surface area contributed by atoms with E-state index >= 15 is 0 Å². The molecule has 0 aromatic heterocycles. The number of carbonyl (C=O) groups excluding carboxylic acids is 2. The topological polar surface area (TPSA) is 65.1 Å². The van der Waals surface area contributed by atoms with Crippen molar-refractivity contribution < 1.29 is 23.8 Å². The Morgan fingerprint density at radius 3 is 2.33 bits per heavy atom. The minimum atomic E-state index is -0.269. The molecule has 0 N–H and O–H groups in total. The molecule has 0 bridgehead atoms. The molecule has 6 heteroatoms. The van der Waals surface area contributed by atoms with E-state index < -0.39 is 0 Å². The van der Waals surface area contributed by atoms with Crippen LogP contribution in [0, 0.1) is 5.92 Å². The standard InChI is InChI=1S/C21H31NO5/c1-3-26-20(23)13-14-22(21(24)17-7-5-4-6-8-17)15-16-27-19-11-9-18(25-2)10-12-19/h9-12,17H,3-8,13-16H2,1-2H3. The molecule has 0 saturated heterocycles. The van der Waals surface area contributed by atoms with Crippen molar-refractivity contribution >= 4 is 11.9 Å². The van der Waals surface area contributed by atoms with Crippen molar-refractivity contribution in [1.82, 2.24) is 4.90 Å². The lowest BCUT2D eigenvalue weighted by molar-refractivity contribution is -0.144. The number of esters is 1. The first-order valence-electron chi connectivity index (χ1n) is 9.85. The molecule has 0 heterocycles. The van der Waals surface area contributed by atoms with Crippen LogP contribution in [0.4, 0.5) is 0 Å². The van der Waals surface area contributed by atoms with E-state index in [1.807, 2.05) is 24.3 Å². The Morgan fingerprint density at radius 2 is 1.70 bits per heavy atom. The fourth-order valence-corrected chi connectivity index (χ4v) is 3.34. The molecular weight excluding hydrogens is 346 g/mol. The van der Waals surface area contributed by atoms with Gasteiger partial charge in [0.15, 0.2) is 0 Å². The molecule has 27 heavy (non-hydrogen) atoms. The van der Waals surface area contributed by atoms with Gasteiger partial charge in [-0.2, -0.15) is 0 Å². The number of benzene rings is 1. The van der Waals surface area contributed by atoms with Crippen LogP contribution in [0.2, 0.25) is 0 Å². The summed E-state index contributed by atoms with van der Waals surface area (Å²) in [5.41, 5.74) is 0. The molecule has 0 spiro atoms. The quantitative estimate of drug-likeness (QED) is 0.585. The zero-order chi connectivity index (χ0) is 19.5. The number of carbonyl (C=O) groups is 2. The van der Waals surface area contributed by atoms with Crippen molar-refractivity contribution in [2.75, 3.05) is 33.4 Å². The second kappa shape index (κ2) is 11.5. The second-order valence-corrected chi connectivity index (χ2v) is 6.74. The monoisotopic (exact) mass is 377 g/mol. The Hall–Kier alpha value is -2.24. The fourth-order valence-electron chi connectivity index (χ4n) is 3.34. The maximum atomic E-state index is 12.9. The SMILES string of the molecule is CCOC(=O)CCN(CCOc1ccc(OC)cc1)C(=O)C1CCCCC1. The van der Waals surface area contributed by atoms with Crippen molar-refractivity contribution in [2.24, 2.45) is 5.92 Å². The molecule has 0 radical (unpaired) electrons. The van der Waals surface area contributed by atoms with Gasteiger partial charge in [0.05, 0.1) is 26.7 Å². The van der Waals surface area contributed by atoms with Gasteiger partial charge in [-0.3, -0.25) is 9.59 Å². The molecule has 1 saturated carbocycles. The number of rotatable bonds is 10. The normalized spacial score (nSPS) is 14.4. The van der Waals surface area contributed by atoms with E-state index in [-0.39, 0.29) is 24.2 Å². The zero-order valence-electron chi connectivity index (χ0n) is 16.4. The molecule has 1 aliphatic carbocycles. The first kappa shape index (κ1) is 21.1. The maximum absolute atomic E-state index is 12.9. The van der Waals surface area contributed by atoms with E-state index in [9.17, 15) is 9.59 Å². The minimum absolute atomic E-state index is 0.0712. The molecule has 0 aliphatic heterocycles. The molecule has 1 aromatic carbocycles. The molecule has 1 aliphatic rings. The third-order valence-corrected chi connectivity index (χ3v) is 4.85. The summed E-state index contributed by atoms with van der Waals surface area (Å²) in [5.74, 6) is 1.44. The molecule has 2 rings (SSSR count). The molecule has 150 valence electrons. The summed E-state index contributed by atoms with van der Waals surface area (Å²) >= 11 is 0. The van der Waals surface area contributed by atoms with Gasteiger partial charge in [-0.1, -0.05) is 19.3 Å². The average molecular weight is 377 g/mol. The molecule has 1 fully saturated rings. The van der Waals surface area contributed by atoms with E-state index in [4.69, 9.17) is 14.2 Å². The lowest BCUT2D eigenvalue weighted by Gasteiger charge is -2.29. The van der Waals surface area contributed by atoms with Crippen LogP contribution in [0.15, 0.2) is 24.3 Å². The van der Waals surface area contributed by atoms with Crippen LogP contribution < -0.4 is 9.47 Å². The molecule has 6 nitrogen and oxygen atoms in total. The number of amides is 1. The van der Waals surface area contributed by atoms with Gasteiger partial charge < -0.3 is 19.1 Å². The van der Waals surface area contributed by atoms with E-state index in [0.29, 0.717) is 26.3 Å². The van der Waals surface area contributed by atoms with E-state index in [2.05, 4.69) is 0 Å². The van der Waals surface area contributed by atoms with Crippen LogP contribution in [0.3, 0.4) is 0 Å². The van der Waals surface area contributed by atoms with Gasteiger partial charge in [-0.05, 0) is 44.0 Å². The Bertz CT molecular complexity index is 581.